The number of pyridine rings is 7. The lowest BCUT2D eigenvalue weighted by molar-refractivity contribution is -0.635. The fourth-order valence-electron chi connectivity index (χ4n) is 15.5. The molecule has 0 aliphatic carbocycles. The zero-order valence-electron chi connectivity index (χ0n) is 73.2. The van der Waals surface area contributed by atoms with Crippen molar-refractivity contribution >= 4 is 55.6 Å². The summed E-state index contributed by atoms with van der Waals surface area (Å²) in [6.45, 7) is 50.2. The van der Waals surface area contributed by atoms with Crippen molar-refractivity contribution < 1.29 is 22.8 Å². The fourth-order valence-corrected chi connectivity index (χ4v) is 15.5. The van der Waals surface area contributed by atoms with Gasteiger partial charge in [0.05, 0.1) is 41.6 Å². The molecule has 0 amide bonds. The Morgan fingerprint density at radius 3 is 1.05 bits per heavy atom. The van der Waals surface area contributed by atoms with Crippen molar-refractivity contribution in [2.75, 3.05) is 0 Å². The van der Waals surface area contributed by atoms with E-state index in [9.17, 15) is 0 Å². The van der Waals surface area contributed by atoms with E-state index in [2.05, 4.69) is 375 Å². The predicted octanol–water partition coefficient (Wildman–Crippen LogP) is 21.1. The van der Waals surface area contributed by atoms with Crippen molar-refractivity contribution in [3.63, 3.8) is 0 Å². The lowest BCUT2D eigenvalue weighted by Gasteiger charge is -2.12. The second-order valence-corrected chi connectivity index (χ2v) is 33.4. The van der Waals surface area contributed by atoms with Crippen LogP contribution in [-0.4, -0.2) is 39.9 Å². The first-order valence-corrected chi connectivity index (χ1v) is 40.4. The number of hydrogen-bond donors (Lipinski definition) is 0. The SMILES string of the molecule is Cc1cc(C)c(C)c(-c2ccc3ccc(C(C)C)nc3[n+]2C)c1.Cc1cc(C)c(C)c(-c2ccc3ccc(CC(C)C)nc3[n+]2C)c1.Cc1cc(C)c(C)c(-c2cnc3ncc(C(C)C)cc3[n+]2C)c1.Cc1cc(C)c(C)c(-c2cnc3ncc(CC(C)C)cc3[n+]2C)c1.Cc1cc(C)c(C)c(-c2cnc3ncccc3[n+]2C)c1. The Morgan fingerprint density at radius 1 is 0.298 bits per heavy atom. The summed E-state index contributed by atoms with van der Waals surface area (Å²) in [6, 6.07) is 48.3. The van der Waals surface area contributed by atoms with Crippen LogP contribution in [0.4, 0.5) is 0 Å². The van der Waals surface area contributed by atoms with Gasteiger partial charge in [0.2, 0.25) is 34.0 Å². The van der Waals surface area contributed by atoms with Gasteiger partial charge in [-0.05, 0) is 290 Å². The average molecular weight is 1520 g/mol. The molecular weight excluding hydrogens is 1400 g/mol. The zero-order chi connectivity index (χ0) is 82.6. The van der Waals surface area contributed by atoms with Crippen LogP contribution in [0.15, 0.2) is 171 Å². The largest absolute Gasteiger partial charge is 0.330 e. The van der Waals surface area contributed by atoms with Crippen LogP contribution in [0.2, 0.25) is 0 Å². The molecule has 15 rings (SSSR count). The molecule has 5 aromatic carbocycles. The first-order valence-electron chi connectivity index (χ1n) is 40.4. The Morgan fingerprint density at radius 2 is 0.649 bits per heavy atom. The van der Waals surface area contributed by atoms with Gasteiger partial charge in [0.15, 0.2) is 11.4 Å². The predicted molar refractivity (Wildman–Crippen MR) is 471 cm³/mol. The van der Waals surface area contributed by atoms with Crippen molar-refractivity contribution in [2.24, 2.45) is 47.1 Å². The molecule has 13 heteroatoms. The maximum absolute atomic E-state index is 4.94. The zero-order valence-corrected chi connectivity index (χ0v) is 73.2. The van der Waals surface area contributed by atoms with E-state index in [1.165, 1.54) is 150 Å². The third kappa shape index (κ3) is 18.5. The number of hydrogen-bond acceptors (Lipinski definition) is 8. The van der Waals surface area contributed by atoms with E-state index >= 15 is 0 Å². The summed E-state index contributed by atoms with van der Waals surface area (Å²) in [5, 5.41) is 2.37. The second kappa shape index (κ2) is 35.4. The van der Waals surface area contributed by atoms with E-state index in [1.807, 2.05) is 37.1 Å². The standard InChI is InChI=1S/C22H27N2.C21H26N3.C21H25N2.C20H24N3.C17H18N3/c1-14(2)11-19-9-7-18-8-10-21(24(6)22(18)23-19)20-13-15(3)12-16(4)17(20)5;1-13(2)7-17-10-19-21(22-11-17)23-12-20(24(19)6)18-9-14(3)8-15(4)16(18)5;1-13(2)19-9-7-17-8-10-20(23(6)21(17)22-19)18-12-14(3)11-15(4)16(18)5;1-12(2)16-9-18-20(21-10-16)22-11-19(23(18)6)17-8-13(3)7-14(4)15(17)5;1-11-8-12(2)13(3)14(9-11)16-10-19-17-15(20(16)4)6-5-7-18-17/h7-10,12-14H,11H2,1-6H3;8-13H,7H2,1-6H3;7-13H,1-6H3;7-12H,1-6H3;5-10H,1-4H3/q5*+1. The highest BCUT2D eigenvalue weighted by Crippen LogP contribution is 2.33. The van der Waals surface area contributed by atoms with Crippen LogP contribution in [0, 0.1) is 116 Å². The summed E-state index contributed by atoms with van der Waals surface area (Å²) in [4.78, 5) is 36.9. The maximum atomic E-state index is 4.94. The Hall–Kier alpha value is -11.3. The second-order valence-electron chi connectivity index (χ2n) is 33.4. The highest BCUT2D eigenvalue weighted by Gasteiger charge is 2.26. The molecule has 0 saturated carbocycles. The van der Waals surface area contributed by atoms with E-state index in [-0.39, 0.29) is 0 Å². The summed E-state index contributed by atoms with van der Waals surface area (Å²) in [7, 11) is 10.5. The molecule has 0 aliphatic rings. The van der Waals surface area contributed by atoms with Crippen LogP contribution in [0.1, 0.15) is 173 Å². The van der Waals surface area contributed by atoms with Gasteiger partial charge in [0.1, 0.15) is 51.1 Å². The van der Waals surface area contributed by atoms with E-state index in [1.54, 1.807) is 6.20 Å². The molecule has 0 unspecified atom stereocenters. The van der Waals surface area contributed by atoms with Gasteiger partial charge in [0.25, 0.3) is 16.6 Å². The normalized spacial score (nSPS) is 11.4. The summed E-state index contributed by atoms with van der Waals surface area (Å²) in [5.41, 5.74) is 44.3. The lowest BCUT2D eigenvalue weighted by atomic mass is 9.97. The molecule has 0 saturated heterocycles. The van der Waals surface area contributed by atoms with E-state index in [4.69, 9.17) is 9.97 Å². The molecule has 0 fully saturated rings. The van der Waals surface area contributed by atoms with Gasteiger partial charge < -0.3 is 0 Å². The highest BCUT2D eigenvalue weighted by molar-refractivity contribution is 5.78. The first-order chi connectivity index (χ1) is 54.1. The summed E-state index contributed by atoms with van der Waals surface area (Å²) in [6.07, 6.45) is 13.5. The maximum Gasteiger partial charge on any atom is 0.330 e. The van der Waals surface area contributed by atoms with Crippen LogP contribution >= 0.6 is 0 Å². The van der Waals surface area contributed by atoms with Gasteiger partial charge in [-0.2, -0.15) is 13.7 Å². The summed E-state index contributed by atoms with van der Waals surface area (Å²) >= 11 is 0. The van der Waals surface area contributed by atoms with Crippen molar-refractivity contribution in [1.82, 2.24) is 39.9 Å². The fraction of sp³-hybridized carbons (Fsp3) is 0.337. The molecular formula is C101H120N13+5. The van der Waals surface area contributed by atoms with Crippen molar-refractivity contribution in [1.29, 1.82) is 0 Å². The van der Waals surface area contributed by atoms with E-state index in [0.717, 1.165) is 80.4 Å². The highest BCUT2D eigenvalue weighted by atomic mass is 15.0. The quantitative estimate of drug-likeness (QED) is 0.117. The minimum Gasteiger partial charge on any atom is -0.231 e. The monoisotopic (exact) mass is 1510 g/mol. The Bertz CT molecular complexity index is 5840. The molecule has 10 aromatic heterocycles. The topological polar surface area (TPSA) is 123 Å². The number of nitrogens with zero attached hydrogens (tertiary/aromatic N) is 13. The van der Waals surface area contributed by atoms with Crippen molar-refractivity contribution in [3.8, 4) is 56.3 Å². The average Bonchev–Trinajstić information content (AvgIpc) is 0.799. The summed E-state index contributed by atoms with van der Waals surface area (Å²) < 4.78 is 11.1. The molecule has 0 aliphatic heterocycles. The third-order valence-corrected chi connectivity index (χ3v) is 22.7. The molecule has 0 atom stereocenters. The Labute approximate surface area is 678 Å². The smallest absolute Gasteiger partial charge is 0.231 e. The van der Waals surface area contributed by atoms with Gasteiger partial charge in [0, 0.05) is 60.3 Å². The van der Waals surface area contributed by atoms with Gasteiger partial charge in [-0.15, -0.1) is 0 Å². The molecule has 0 radical (unpaired) electrons. The molecule has 584 valence electrons. The van der Waals surface area contributed by atoms with Crippen molar-refractivity contribution in [3.05, 3.63) is 277 Å². The van der Waals surface area contributed by atoms with Crippen LogP contribution in [-0.2, 0) is 48.1 Å². The van der Waals surface area contributed by atoms with E-state index < -0.39 is 0 Å². The number of benzene rings is 5. The molecule has 0 spiro atoms. The lowest BCUT2D eigenvalue weighted by Crippen LogP contribution is -2.33. The third-order valence-electron chi connectivity index (χ3n) is 22.7. The van der Waals surface area contributed by atoms with Gasteiger partial charge in [-0.1, -0.05) is 114 Å². The molecule has 13 nitrogen and oxygen atoms in total. The van der Waals surface area contributed by atoms with Crippen LogP contribution in [0.5, 0.6) is 0 Å². The number of aromatic nitrogens is 13. The molecule has 0 bridgehead atoms. The molecule has 0 N–H and O–H groups in total. The first kappa shape index (κ1) is 83.6. The number of rotatable bonds is 11. The van der Waals surface area contributed by atoms with E-state index in [0.29, 0.717) is 23.7 Å². The van der Waals surface area contributed by atoms with Gasteiger partial charge in [-0.25, -0.2) is 39.0 Å². The molecule has 114 heavy (non-hydrogen) atoms. The summed E-state index contributed by atoms with van der Waals surface area (Å²) in [5.74, 6) is 2.13. The Balaban J connectivity index is 0.000000141. The van der Waals surface area contributed by atoms with Crippen LogP contribution in [0.3, 0.4) is 0 Å². The minimum absolute atomic E-state index is 0.436. The van der Waals surface area contributed by atoms with Crippen molar-refractivity contribution in [2.45, 2.75) is 184 Å². The van der Waals surface area contributed by atoms with Crippen LogP contribution in [0.25, 0.3) is 112 Å². The Kier molecular flexibility index (Phi) is 26.0. The minimum atomic E-state index is 0.436. The number of aryl methyl sites for hydroxylation is 15. The van der Waals surface area contributed by atoms with Gasteiger partial charge in [-0.3, -0.25) is 0 Å². The molecule has 10 heterocycles. The van der Waals surface area contributed by atoms with Gasteiger partial charge >= 0.3 is 11.3 Å². The van der Waals surface area contributed by atoms with Crippen LogP contribution < -0.4 is 22.8 Å². The number of fused-ring (bicyclic) bond motifs is 5. The molecule has 15 aromatic rings.